The van der Waals surface area contributed by atoms with E-state index in [2.05, 4.69) is 13.8 Å². The summed E-state index contributed by atoms with van der Waals surface area (Å²) < 4.78 is 36.1. The van der Waals surface area contributed by atoms with Crippen molar-refractivity contribution in [2.45, 2.75) is 105 Å². The molecule has 2 nitrogen and oxygen atoms in total. The third kappa shape index (κ3) is 3.72. The summed E-state index contributed by atoms with van der Waals surface area (Å²) >= 11 is 0. The maximum Gasteiger partial charge on any atom is 0.308 e. The van der Waals surface area contributed by atoms with E-state index in [1.165, 1.54) is 13.5 Å². The van der Waals surface area contributed by atoms with Crippen LogP contribution in [0.2, 0.25) is 0 Å². The van der Waals surface area contributed by atoms with E-state index in [0.29, 0.717) is 5.92 Å². The van der Waals surface area contributed by atoms with Gasteiger partial charge in [-0.3, -0.25) is 4.79 Å². The fourth-order valence-corrected chi connectivity index (χ4v) is 8.41. The third-order valence-corrected chi connectivity index (χ3v) is 10.0. The molecule has 0 spiro atoms. The van der Waals surface area contributed by atoms with E-state index in [-0.39, 0.29) is 46.9 Å². The fraction of sp³-hybridized carbons (Fsp3) is 0.962. The highest BCUT2D eigenvalue weighted by Crippen LogP contribution is 2.70. The summed E-state index contributed by atoms with van der Waals surface area (Å²) in [7, 11) is 1.44. The molecule has 4 fully saturated rings. The number of halogens is 2. The van der Waals surface area contributed by atoms with Gasteiger partial charge in [-0.25, -0.2) is 8.78 Å². The van der Waals surface area contributed by atoms with Crippen molar-refractivity contribution in [1.29, 1.82) is 0 Å². The monoisotopic (exact) mass is 426 g/mol. The van der Waals surface area contributed by atoms with Crippen LogP contribution in [-0.4, -0.2) is 19.0 Å². The first kappa shape index (κ1) is 24.0. The molecule has 8 unspecified atom stereocenters. The smallest absolute Gasteiger partial charge is 0.308 e. The van der Waals surface area contributed by atoms with E-state index >= 15 is 8.78 Å². The van der Waals surface area contributed by atoms with E-state index in [0.717, 1.165) is 51.4 Å². The molecule has 4 heteroatoms. The molecule has 0 aliphatic heterocycles. The first-order chi connectivity index (χ1) is 14.1. The van der Waals surface area contributed by atoms with Crippen molar-refractivity contribution < 1.29 is 18.3 Å². The van der Waals surface area contributed by atoms with Crippen LogP contribution in [0.15, 0.2) is 0 Å². The molecule has 0 aromatic heterocycles. The Morgan fingerprint density at radius 1 is 1.00 bits per heavy atom. The van der Waals surface area contributed by atoms with Crippen molar-refractivity contribution in [2.24, 2.45) is 46.3 Å². The minimum absolute atomic E-state index is 0.0509. The second kappa shape index (κ2) is 8.70. The van der Waals surface area contributed by atoms with Gasteiger partial charge in [0.2, 0.25) is 0 Å². The number of hydrogen-bond acceptors (Lipinski definition) is 2. The first-order valence-corrected chi connectivity index (χ1v) is 12.6. The van der Waals surface area contributed by atoms with E-state index in [4.69, 9.17) is 4.74 Å². The van der Waals surface area contributed by atoms with Crippen LogP contribution >= 0.6 is 0 Å². The molecule has 0 heterocycles. The van der Waals surface area contributed by atoms with Gasteiger partial charge in [0.1, 0.15) is 0 Å². The van der Waals surface area contributed by atoms with E-state index in [9.17, 15) is 4.79 Å². The minimum atomic E-state index is -2.53. The molecule has 0 amide bonds. The fourth-order valence-electron chi connectivity index (χ4n) is 8.41. The van der Waals surface area contributed by atoms with E-state index in [1.807, 2.05) is 20.8 Å². The quantitative estimate of drug-likeness (QED) is 0.437. The Hall–Kier alpha value is -0.670. The summed E-state index contributed by atoms with van der Waals surface area (Å²) in [6.07, 6.45) is 9.26. The van der Waals surface area contributed by atoms with Crippen molar-refractivity contribution in [3.63, 3.8) is 0 Å². The Morgan fingerprint density at radius 3 is 2.33 bits per heavy atom. The summed E-state index contributed by atoms with van der Waals surface area (Å²) in [6, 6.07) is 0. The van der Waals surface area contributed by atoms with Gasteiger partial charge in [0.05, 0.1) is 13.0 Å². The molecule has 4 saturated carbocycles. The van der Waals surface area contributed by atoms with Gasteiger partial charge in [-0.1, -0.05) is 47.5 Å². The van der Waals surface area contributed by atoms with Gasteiger partial charge >= 0.3 is 5.97 Å². The van der Waals surface area contributed by atoms with Crippen LogP contribution in [0.4, 0.5) is 8.78 Å². The zero-order valence-electron chi connectivity index (χ0n) is 20.1. The van der Waals surface area contributed by atoms with Crippen LogP contribution in [-0.2, 0) is 9.53 Å². The second-order valence-electron chi connectivity index (χ2n) is 11.1. The van der Waals surface area contributed by atoms with Gasteiger partial charge in [-0.2, -0.15) is 0 Å². The highest BCUT2D eigenvalue weighted by atomic mass is 19.3. The Kier molecular flexibility index (Phi) is 6.95. The lowest BCUT2D eigenvalue weighted by Crippen LogP contribution is -2.60. The van der Waals surface area contributed by atoms with Crippen molar-refractivity contribution in [3.05, 3.63) is 0 Å². The van der Waals surface area contributed by atoms with Crippen LogP contribution in [0.25, 0.3) is 0 Å². The van der Waals surface area contributed by atoms with Crippen molar-refractivity contribution in [2.75, 3.05) is 7.11 Å². The number of rotatable bonds is 3. The molecule has 0 bridgehead atoms. The van der Waals surface area contributed by atoms with Crippen LogP contribution in [0.1, 0.15) is 98.8 Å². The highest BCUT2D eigenvalue weighted by Gasteiger charge is 2.67. The van der Waals surface area contributed by atoms with Crippen LogP contribution in [0, 0.1) is 46.3 Å². The maximum atomic E-state index is 15.6. The van der Waals surface area contributed by atoms with Gasteiger partial charge < -0.3 is 4.74 Å². The van der Waals surface area contributed by atoms with Crippen molar-refractivity contribution in [1.82, 2.24) is 0 Å². The van der Waals surface area contributed by atoms with Gasteiger partial charge in [-0.15, -0.1) is 0 Å². The lowest BCUT2D eigenvalue weighted by atomic mass is 9.44. The summed E-state index contributed by atoms with van der Waals surface area (Å²) in [5, 5.41) is 0. The molecule has 4 aliphatic rings. The molecule has 0 N–H and O–H groups in total. The number of esters is 1. The number of fused-ring (bicyclic) bond motifs is 5. The third-order valence-electron chi connectivity index (χ3n) is 10.0. The predicted octanol–water partition coefficient (Wildman–Crippen LogP) is 7.51. The van der Waals surface area contributed by atoms with E-state index < -0.39 is 11.8 Å². The standard InChI is InChI=1S/C24H38F2O2.C2H6/c1-15(21(27)28-4)13-16-8-9-18-20-19(10-12-23(16,18)3)22(2)11-6-5-7-17(22)14-24(20,25)26;1-2/h15-20H,5-14H2,1-4H3;1-2H3. The summed E-state index contributed by atoms with van der Waals surface area (Å²) in [6.45, 7) is 10.5. The molecule has 30 heavy (non-hydrogen) atoms. The number of carbonyl (C=O) groups is 1. The molecule has 8 atom stereocenters. The molecule has 0 radical (unpaired) electrons. The summed E-state index contributed by atoms with van der Waals surface area (Å²) in [4.78, 5) is 12.0. The van der Waals surface area contributed by atoms with Gasteiger partial charge in [0, 0.05) is 12.3 Å². The number of carbonyl (C=O) groups excluding carboxylic acids is 1. The van der Waals surface area contributed by atoms with Crippen LogP contribution < -0.4 is 0 Å². The number of methoxy groups -OCH3 is 1. The molecule has 4 rings (SSSR count). The Morgan fingerprint density at radius 2 is 1.67 bits per heavy atom. The average molecular weight is 427 g/mol. The Balaban J connectivity index is 0.00000124. The molecule has 0 aromatic rings. The normalized spacial score (nSPS) is 45.1. The highest BCUT2D eigenvalue weighted by molar-refractivity contribution is 5.71. The largest absolute Gasteiger partial charge is 0.469 e. The lowest BCUT2D eigenvalue weighted by Gasteiger charge is -2.62. The molecule has 0 saturated heterocycles. The minimum Gasteiger partial charge on any atom is -0.469 e. The molecular weight excluding hydrogens is 382 g/mol. The Bertz CT molecular complexity index is 620. The molecule has 4 aliphatic carbocycles. The number of hydrogen-bond donors (Lipinski definition) is 0. The number of ether oxygens (including phenoxy) is 1. The van der Waals surface area contributed by atoms with E-state index in [1.54, 1.807) is 0 Å². The predicted molar refractivity (Wildman–Crippen MR) is 117 cm³/mol. The average Bonchev–Trinajstić information content (AvgIpc) is 3.05. The van der Waals surface area contributed by atoms with Gasteiger partial charge in [-0.05, 0) is 79.4 Å². The van der Waals surface area contributed by atoms with Crippen LogP contribution in [0.3, 0.4) is 0 Å². The topological polar surface area (TPSA) is 26.3 Å². The lowest BCUT2D eigenvalue weighted by molar-refractivity contribution is -0.232. The summed E-state index contributed by atoms with van der Waals surface area (Å²) in [5.74, 6) is -2.44. The van der Waals surface area contributed by atoms with Crippen molar-refractivity contribution >= 4 is 5.97 Å². The van der Waals surface area contributed by atoms with Gasteiger partial charge in [0.25, 0.3) is 5.92 Å². The zero-order chi connectivity index (χ0) is 22.3. The SMILES string of the molecule is CC.COC(=O)C(C)CC1CCC2C3C(CCC12C)C1(C)CCCCC1CC3(F)F. The molecule has 174 valence electrons. The van der Waals surface area contributed by atoms with Crippen molar-refractivity contribution in [3.8, 4) is 0 Å². The first-order valence-electron chi connectivity index (χ1n) is 12.6. The summed E-state index contributed by atoms with van der Waals surface area (Å²) in [5.41, 5.74) is 0.0636. The second-order valence-corrected chi connectivity index (χ2v) is 11.1. The zero-order valence-corrected chi connectivity index (χ0v) is 20.1. The molecular formula is C26H44F2O2. The Labute approximate surface area is 182 Å². The molecule has 0 aromatic carbocycles. The van der Waals surface area contributed by atoms with Gasteiger partial charge in [0.15, 0.2) is 0 Å². The number of alkyl halides is 2. The van der Waals surface area contributed by atoms with Crippen LogP contribution in [0.5, 0.6) is 0 Å². The maximum absolute atomic E-state index is 15.6.